The lowest BCUT2D eigenvalue weighted by Crippen LogP contribution is -2.29. The molecule has 2 aromatic rings. The Balaban J connectivity index is 1.65. The molecule has 2 heterocycles. The fourth-order valence-corrected chi connectivity index (χ4v) is 3.70. The molecule has 0 aliphatic carbocycles. The number of hydrogen-bond acceptors (Lipinski definition) is 4. The maximum Gasteiger partial charge on any atom is 0.265 e. The second-order valence-corrected chi connectivity index (χ2v) is 6.94. The molecule has 1 aromatic heterocycles. The van der Waals surface area contributed by atoms with Crippen LogP contribution in [0.1, 0.15) is 33.6 Å². The van der Waals surface area contributed by atoms with E-state index in [0.717, 1.165) is 24.4 Å². The van der Waals surface area contributed by atoms with Crippen molar-refractivity contribution in [2.24, 2.45) is 5.92 Å². The van der Waals surface area contributed by atoms with Crippen LogP contribution >= 0.6 is 11.3 Å². The van der Waals surface area contributed by atoms with Crippen molar-refractivity contribution < 1.29 is 9.90 Å². The molecule has 1 aromatic carbocycles. The Bertz CT molecular complexity index is 639. The van der Waals surface area contributed by atoms with Crippen molar-refractivity contribution in [3.8, 4) is 0 Å². The predicted molar refractivity (Wildman–Crippen MR) is 87.1 cm³/mol. The Kier molecular flexibility index (Phi) is 4.55. The summed E-state index contributed by atoms with van der Waals surface area (Å²) in [4.78, 5) is 19.4. The number of rotatable bonds is 4. The van der Waals surface area contributed by atoms with E-state index in [1.54, 1.807) is 13.1 Å². The van der Waals surface area contributed by atoms with Gasteiger partial charge in [0.1, 0.15) is 4.88 Å². The number of aliphatic hydroxyl groups excluding tert-OH is 1. The Hall–Kier alpha value is -1.72. The Morgan fingerprint density at radius 3 is 2.91 bits per heavy atom. The molecule has 1 aliphatic heterocycles. The topological polar surface area (TPSA) is 53.4 Å². The average Bonchev–Trinajstić information content (AvgIpc) is 3.17. The smallest absolute Gasteiger partial charge is 0.265 e. The van der Waals surface area contributed by atoms with E-state index in [2.05, 4.69) is 17.1 Å². The second kappa shape index (κ2) is 6.58. The van der Waals surface area contributed by atoms with E-state index in [1.807, 2.05) is 23.1 Å². The molecule has 3 rings (SSSR count). The lowest BCUT2D eigenvalue weighted by molar-refractivity contribution is 0.0767. The average molecular weight is 316 g/mol. The summed E-state index contributed by atoms with van der Waals surface area (Å²) in [6, 6.07) is 10.1. The summed E-state index contributed by atoms with van der Waals surface area (Å²) in [6.45, 7) is 3.16. The number of amides is 1. The molecule has 2 unspecified atom stereocenters. The summed E-state index contributed by atoms with van der Waals surface area (Å²) in [5.41, 5.74) is 1.20. The molecule has 2 atom stereocenters. The molecule has 1 N–H and O–H groups in total. The zero-order valence-electron chi connectivity index (χ0n) is 12.6. The third kappa shape index (κ3) is 3.36. The van der Waals surface area contributed by atoms with Gasteiger partial charge in [0.15, 0.2) is 0 Å². The molecule has 1 saturated heterocycles. The van der Waals surface area contributed by atoms with Crippen LogP contribution in [-0.4, -0.2) is 40.1 Å². The number of carbonyl (C=O) groups is 1. The number of aromatic nitrogens is 1. The molecule has 5 heteroatoms. The molecule has 1 fully saturated rings. The lowest BCUT2D eigenvalue weighted by atomic mass is 10.0. The van der Waals surface area contributed by atoms with Crippen LogP contribution in [0.2, 0.25) is 0 Å². The van der Waals surface area contributed by atoms with Crippen LogP contribution < -0.4 is 0 Å². The summed E-state index contributed by atoms with van der Waals surface area (Å²) in [6.07, 6.45) is 2.96. The highest BCUT2D eigenvalue weighted by Gasteiger charge is 2.30. The molecule has 0 spiro atoms. The molecule has 1 amide bonds. The zero-order valence-corrected chi connectivity index (χ0v) is 13.4. The summed E-state index contributed by atoms with van der Waals surface area (Å²) >= 11 is 1.47. The van der Waals surface area contributed by atoms with Crippen LogP contribution in [0.4, 0.5) is 0 Å². The maximum atomic E-state index is 12.5. The zero-order chi connectivity index (χ0) is 15.5. The van der Waals surface area contributed by atoms with Crippen molar-refractivity contribution in [3.63, 3.8) is 0 Å². The fraction of sp³-hybridized carbons (Fsp3) is 0.412. The summed E-state index contributed by atoms with van der Waals surface area (Å²) in [5.74, 6) is 0.237. The number of hydrogen-bond donors (Lipinski definition) is 1. The van der Waals surface area contributed by atoms with E-state index in [-0.39, 0.29) is 17.9 Å². The van der Waals surface area contributed by atoms with Crippen molar-refractivity contribution in [1.82, 2.24) is 9.88 Å². The van der Waals surface area contributed by atoms with Crippen LogP contribution in [0.5, 0.6) is 0 Å². The largest absolute Gasteiger partial charge is 0.393 e. The van der Waals surface area contributed by atoms with E-state index in [9.17, 15) is 9.90 Å². The highest BCUT2D eigenvalue weighted by Crippen LogP contribution is 2.24. The number of nitrogens with zero attached hydrogens (tertiary/aromatic N) is 2. The van der Waals surface area contributed by atoms with Crippen molar-refractivity contribution in [2.45, 2.75) is 25.9 Å². The molecule has 1 aliphatic rings. The molecule has 0 saturated carbocycles. The molecule has 22 heavy (non-hydrogen) atoms. The first kappa shape index (κ1) is 15.2. The van der Waals surface area contributed by atoms with Gasteiger partial charge >= 0.3 is 0 Å². The molecule has 4 nitrogen and oxygen atoms in total. The van der Waals surface area contributed by atoms with E-state index in [1.165, 1.54) is 16.9 Å². The predicted octanol–water partition coefficient (Wildman–Crippen LogP) is 2.58. The number of aliphatic hydroxyl groups is 1. The monoisotopic (exact) mass is 316 g/mol. The molecular weight excluding hydrogens is 296 g/mol. The van der Waals surface area contributed by atoms with Crippen molar-refractivity contribution in [1.29, 1.82) is 0 Å². The van der Waals surface area contributed by atoms with Gasteiger partial charge < -0.3 is 10.0 Å². The van der Waals surface area contributed by atoms with Crippen molar-refractivity contribution >= 4 is 17.2 Å². The van der Waals surface area contributed by atoms with Gasteiger partial charge in [0.25, 0.3) is 5.91 Å². The molecule has 0 bridgehead atoms. The van der Waals surface area contributed by atoms with Crippen LogP contribution in [0.3, 0.4) is 0 Å². The third-order valence-corrected chi connectivity index (χ3v) is 5.14. The van der Waals surface area contributed by atoms with Gasteiger partial charge in [-0.3, -0.25) is 4.79 Å². The van der Waals surface area contributed by atoms with Crippen molar-refractivity contribution in [3.05, 3.63) is 52.0 Å². The van der Waals surface area contributed by atoms with Crippen LogP contribution in [0.15, 0.2) is 36.5 Å². The van der Waals surface area contributed by atoms with Gasteiger partial charge in [0, 0.05) is 25.4 Å². The minimum absolute atomic E-state index is 0.0416. The van der Waals surface area contributed by atoms with Crippen LogP contribution in [0, 0.1) is 5.92 Å². The molecule has 0 radical (unpaired) electrons. The lowest BCUT2D eigenvalue weighted by Gasteiger charge is -2.16. The van der Waals surface area contributed by atoms with Crippen LogP contribution in [0.25, 0.3) is 0 Å². The van der Waals surface area contributed by atoms with E-state index in [0.29, 0.717) is 11.4 Å². The van der Waals surface area contributed by atoms with Gasteiger partial charge in [-0.15, -0.1) is 11.3 Å². The highest BCUT2D eigenvalue weighted by molar-refractivity contribution is 7.13. The second-order valence-electron chi connectivity index (χ2n) is 5.82. The Labute approximate surface area is 134 Å². The number of benzene rings is 1. The van der Waals surface area contributed by atoms with Crippen molar-refractivity contribution in [2.75, 3.05) is 13.1 Å². The van der Waals surface area contributed by atoms with Gasteiger partial charge in [-0.05, 0) is 18.9 Å². The van der Waals surface area contributed by atoms with Gasteiger partial charge in [-0.1, -0.05) is 30.3 Å². The Morgan fingerprint density at radius 2 is 2.23 bits per heavy atom. The van der Waals surface area contributed by atoms with Gasteiger partial charge in [-0.25, -0.2) is 4.98 Å². The van der Waals surface area contributed by atoms with Gasteiger partial charge in [-0.2, -0.15) is 0 Å². The molecular formula is C17H20N2O2S. The first-order valence-corrected chi connectivity index (χ1v) is 8.41. The number of carbonyl (C=O) groups excluding carboxylic acids is 1. The summed E-state index contributed by atoms with van der Waals surface area (Å²) in [7, 11) is 0. The third-order valence-electron chi connectivity index (χ3n) is 4.16. The first-order chi connectivity index (χ1) is 10.6. The van der Waals surface area contributed by atoms with E-state index < -0.39 is 0 Å². The minimum atomic E-state index is -0.354. The maximum absolute atomic E-state index is 12.5. The number of likely N-dealkylation sites (tertiary alicyclic amines) is 1. The number of thiazole rings is 1. The standard InChI is InChI=1S/C17H20N2O2S/c1-12(20)14-7-8-19(11-14)17(21)15-10-18-16(22-15)9-13-5-3-2-4-6-13/h2-6,10,12,14,20H,7-9,11H2,1H3. The van der Waals surface area contributed by atoms with E-state index in [4.69, 9.17) is 0 Å². The summed E-state index contributed by atoms with van der Waals surface area (Å²) in [5, 5.41) is 10.6. The Morgan fingerprint density at radius 1 is 1.45 bits per heavy atom. The fourth-order valence-electron chi connectivity index (χ4n) is 2.78. The minimum Gasteiger partial charge on any atom is -0.393 e. The highest BCUT2D eigenvalue weighted by atomic mass is 32.1. The first-order valence-electron chi connectivity index (χ1n) is 7.59. The normalized spacial score (nSPS) is 19.4. The van der Waals surface area contributed by atoms with E-state index >= 15 is 0 Å². The van der Waals surface area contributed by atoms with Gasteiger partial charge in [0.2, 0.25) is 0 Å². The quantitative estimate of drug-likeness (QED) is 0.943. The summed E-state index contributed by atoms with van der Waals surface area (Å²) < 4.78 is 0. The SMILES string of the molecule is CC(O)C1CCN(C(=O)c2cnc(Cc3ccccc3)s2)C1. The van der Waals surface area contributed by atoms with Gasteiger partial charge in [0.05, 0.1) is 17.3 Å². The molecule has 116 valence electrons. The van der Waals surface area contributed by atoms with Crippen LogP contribution in [-0.2, 0) is 6.42 Å².